The molecule has 0 saturated heterocycles. The number of pyridine rings is 1. The average Bonchev–Trinajstić information content (AvgIpc) is 3.10. The van der Waals surface area contributed by atoms with Gasteiger partial charge in [0, 0.05) is 49.8 Å². The van der Waals surface area contributed by atoms with E-state index < -0.39 is 17.2 Å². The van der Waals surface area contributed by atoms with Crippen molar-refractivity contribution in [3.8, 4) is 0 Å². The maximum absolute atomic E-state index is 14.1. The van der Waals surface area contributed by atoms with Gasteiger partial charge in [0.25, 0.3) is 11.8 Å². The number of hydrogen-bond donors (Lipinski definition) is 2. The molecule has 8 nitrogen and oxygen atoms in total. The van der Waals surface area contributed by atoms with Gasteiger partial charge >= 0.3 is 0 Å². The SMILES string of the molecule is CN(C)C(=O)c1n[nH]c2c1CN(C(=O)c1cc(=O)c3cccc(F)c3[nH]1)CC2. The van der Waals surface area contributed by atoms with E-state index >= 15 is 0 Å². The molecule has 0 spiro atoms. The molecule has 0 unspecified atom stereocenters. The van der Waals surface area contributed by atoms with Gasteiger partial charge in [-0.2, -0.15) is 5.10 Å². The lowest BCUT2D eigenvalue weighted by Gasteiger charge is -2.27. The Hall–Kier alpha value is -3.49. The largest absolute Gasteiger partial charge is 0.348 e. The number of carbonyl (C=O) groups excluding carboxylic acids is 2. The summed E-state index contributed by atoms with van der Waals surface area (Å²) >= 11 is 0. The minimum absolute atomic E-state index is 0.00262. The van der Waals surface area contributed by atoms with Crippen LogP contribution in [-0.4, -0.2) is 57.4 Å². The second-order valence-electron chi connectivity index (χ2n) is 6.92. The monoisotopic (exact) mass is 383 g/mol. The lowest BCUT2D eigenvalue weighted by molar-refractivity contribution is 0.0721. The highest BCUT2D eigenvalue weighted by Crippen LogP contribution is 2.23. The van der Waals surface area contributed by atoms with Gasteiger partial charge in [0.05, 0.1) is 12.1 Å². The van der Waals surface area contributed by atoms with Crippen LogP contribution in [0.15, 0.2) is 29.1 Å². The number of nitrogens with zero attached hydrogens (tertiary/aromatic N) is 3. The minimum atomic E-state index is -0.598. The van der Waals surface area contributed by atoms with E-state index in [0.717, 1.165) is 5.69 Å². The molecule has 28 heavy (non-hydrogen) atoms. The zero-order valence-electron chi connectivity index (χ0n) is 15.4. The van der Waals surface area contributed by atoms with Crippen molar-refractivity contribution >= 4 is 22.7 Å². The Morgan fingerprint density at radius 1 is 1.29 bits per heavy atom. The first-order valence-electron chi connectivity index (χ1n) is 8.75. The molecule has 3 aromatic rings. The topological polar surface area (TPSA) is 102 Å². The molecule has 4 rings (SSSR count). The predicted molar refractivity (Wildman–Crippen MR) is 99.6 cm³/mol. The van der Waals surface area contributed by atoms with Crippen LogP contribution in [0.25, 0.3) is 10.9 Å². The summed E-state index contributed by atoms with van der Waals surface area (Å²) < 4.78 is 14.1. The Morgan fingerprint density at radius 2 is 2.07 bits per heavy atom. The number of para-hydroxylation sites is 1. The van der Waals surface area contributed by atoms with Crippen LogP contribution in [-0.2, 0) is 13.0 Å². The van der Waals surface area contributed by atoms with Gasteiger partial charge in [-0.1, -0.05) is 6.07 Å². The highest BCUT2D eigenvalue weighted by molar-refractivity contribution is 5.96. The van der Waals surface area contributed by atoms with Crippen LogP contribution in [0.5, 0.6) is 0 Å². The van der Waals surface area contributed by atoms with E-state index in [0.29, 0.717) is 18.5 Å². The van der Waals surface area contributed by atoms with Crippen molar-refractivity contribution in [2.24, 2.45) is 0 Å². The normalized spacial score (nSPS) is 13.5. The lowest BCUT2D eigenvalue weighted by Crippen LogP contribution is -2.37. The Bertz CT molecular complexity index is 1160. The zero-order valence-corrected chi connectivity index (χ0v) is 15.4. The molecule has 2 aromatic heterocycles. The molecule has 144 valence electrons. The summed E-state index contributed by atoms with van der Waals surface area (Å²) in [6, 6.07) is 5.36. The first-order valence-corrected chi connectivity index (χ1v) is 8.75. The summed E-state index contributed by atoms with van der Waals surface area (Å²) in [5.41, 5.74) is 1.33. The fourth-order valence-electron chi connectivity index (χ4n) is 3.38. The molecule has 0 radical (unpaired) electrons. The van der Waals surface area contributed by atoms with Crippen molar-refractivity contribution in [3.63, 3.8) is 0 Å². The maximum atomic E-state index is 14.1. The summed E-state index contributed by atoms with van der Waals surface area (Å²) in [7, 11) is 3.26. The number of fused-ring (bicyclic) bond motifs is 2. The molecule has 0 fully saturated rings. The first kappa shape index (κ1) is 17.9. The smallest absolute Gasteiger partial charge is 0.274 e. The third-order valence-electron chi connectivity index (χ3n) is 4.87. The molecule has 1 aliphatic rings. The van der Waals surface area contributed by atoms with Gasteiger partial charge in [0.2, 0.25) is 0 Å². The molecule has 0 atom stereocenters. The third kappa shape index (κ3) is 2.84. The van der Waals surface area contributed by atoms with E-state index in [9.17, 15) is 18.8 Å². The number of hydrogen-bond acceptors (Lipinski definition) is 4. The van der Waals surface area contributed by atoms with E-state index in [1.807, 2.05) is 0 Å². The van der Waals surface area contributed by atoms with E-state index in [-0.39, 0.29) is 34.7 Å². The van der Waals surface area contributed by atoms with Crippen molar-refractivity contribution in [3.05, 3.63) is 63.0 Å². The molecular formula is C19H18FN5O3. The second kappa shape index (κ2) is 6.59. The van der Waals surface area contributed by atoms with Gasteiger partial charge in [-0.05, 0) is 12.1 Å². The number of amides is 2. The van der Waals surface area contributed by atoms with Crippen LogP contribution < -0.4 is 5.43 Å². The quantitative estimate of drug-likeness (QED) is 0.696. The second-order valence-corrected chi connectivity index (χ2v) is 6.92. The molecule has 9 heteroatoms. The van der Waals surface area contributed by atoms with E-state index in [4.69, 9.17) is 0 Å². The molecule has 0 aliphatic carbocycles. The highest BCUT2D eigenvalue weighted by atomic mass is 19.1. The van der Waals surface area contributed by atoms with Crippen LogP contribution in [0.2, 0.25) is 0 Å². The number of nitrogens with one attached hydrogen (secondary N) is 2. The molecular weight excluding hydrogens is 365 g/mol. The van der Waals surface area contributed by atoms with Gasteiger partial charge in [0.15, 0.2) is 11.1 Å². The van der Waals surface area contributed by atoms with Gasteiger partial charge in [-0.15, -0.1) is 0 Å². The number of aromatic amines is 2. The Kier molecular flexibility index (Phi) is 4.21. The van der Waals surface area contributed by atoms with Gasteiger partial charge < -0.3 is 14.8 Å². The van der Waals surface area contributed by atoms with Crippen molar-refractivity contribution in [2.45, 2.75) is 13.0 Å². The Labute approximate surface area is 159 Å². The maximum Gasteiger partial charge on any atom is 0.274 e. The molecule has 0 saturated carbocycles. The highest BCUT2D eigenvalue weighted by Gasteiger charge is 2.29. The average molecular weight is 383 g/mol. The van der Waals surface area contributed by atoms with Crippen LogP contribution in [0.1, 0.15) is 32.2 Å². The predicted octanol–water partition coefficient (Wildman–Crippen LogP) is 1.29. The summed E-state index contributed by atoms with van der Waals surface area (Å²) in [5, 5.41) is 7.14. The van der Waals surface area contributed by atoms with Gasteiger partial charge in [0.1, 0.15) is 11.5 Å². The van der Waals surface area contributed by atoms with Crippen molar-refractivity contribution in [1.29, 1.82) is 0 Å². The van der Waals surface area contributed by atoms with Crippen molar-refractivity contribution < 1.29 is 14.0 Å². The van der Waals surface area contributed by atoms with Crippen molar-refractivity contribution in [2.75, 3.05) is 20.6 Å². The third-order valence-corrected chi connectivity index (χ3v) is 4.87. The van der Waals surface area contributed by atoms with Gasteiger partial charge in [-0.25, -0.2) is 4.39 Å². The van der Waals surface area contributed by atoms with E-state index in [1.165, 1.54) is 34.1 Å². The summed E-state index contributed by atoms with van der Waals surface area (Å²) in [6.45, 7) is 0.567. The van der Waals surface area contributed by atoms with Crippen molar-refractivity contribution in [1.82, 2.24) is 25.0 Å². The van der Waals surface area contributed by atoms with E-state index in [2.05, 4.69) is 15.2 Å². The molecule has 0 bridgehead atoms. The fraction of sp³-hybridized carbons (Fsp3) is 0.263. The lowest BCUT2D eigenvalue weighted by atomic mass is 10.0. The fourth-order valence-corrected chi connectivity index (χ4v) is 3.38. The Morgan fingerprint density at radius 3 is 2.82 bits per heavy atom. The van der Waals surface area contributed by atoms with Crippen LogP contribution in [0.3, 0.4) is 0 Å². The van der Waals surface area contributed by atoms with Crippen LogP contribution >= 0.6 is 0 Å². The number of halogens is 1. The molecule has 3 heterocycles. The molecule has 1 aromatic carbocycles. The number of H-pyrrole nitrogens is 2. The van der Waals surface area contributed by atoms with Crippen LogP contribution in [0, 0.1) is 5.82 Å². The number of carbonyl (C=O) groups is 2. The van der Waals surface area contributed by atoms with Crippen LogP contribution in [0.4, 0.5) is 4.39 Å². The Balaban J connectivity index is 1.69. The van der Waals surface area contributed by atoms with Gasteiger partial charge in [-0.3, -0.25) is 19.5 Å². The zero-order chi connectivity index (χ0) is 20.0. The molecule has 1 aliphatic heterocycles. The summed E-state index contributed by atoms with van der Waals surface area (Å²) in [4.78, 5) is 43.2. The standard InChI is InChI=1S/C19H18FN5O3/c1-24(2)19(28)17-11-9-25(7-6-13(11)22-23-17)18(27)14-8-15(26)10-4-3-5-12(20)16(10)21-14/h3-5,8H,6-7,9H2,1-2H3,(H,21,26)(H,22,23). The van der Waals surface area contributed by atoms with E-state index in [1.54, 1.807) is 14.1 Å². The number of rotatable bonds is 2. The molecule has 2 amide bonds. The molecule has 2 N–H and O–H groups in total. The minimum Gasteiger partial charge on any atom is -0.348 e. The number of benzene rings is 1. The summed E-state index contributed by atoms with van der Waals surface area (Å²) in [5.74, 6) is -1.29. The number of aromatic nitrogens is 3. The first-order chi connectivity index (χ1) is 13.4. The summed E-state index contributed by atoms with van der Waals surface area (Å²) in [6.07, 6.45) is 0.501.